The molecule has 1 fully saturated rings. The molecule has 1 aromatic rings. The van der Waals surface area contributed by atoms with Gasteiger partial charge in [0, 0.05) is 24.8 Å². The summed E-state index contributed by atoms with van der Waals surface area (Å²) in [6, 6.07) is 1.42. The number of hydrogen-bond donors (Lipinski definition) is 1. The van der Waals surface area contributed by atoms with Crippen molar-refractivity contribution in [3.63, 3.8) is 0 Å². The first-order valence-corrected chi connectivity index (χ1v) is 6.22. The van der Waals surface area contributed by atoms with Gasteiger partial charge >= 0.3 is 5.97 Å². The van der Waals surface area contributed by atoms with Gasteiger partial charge in [-0.25, -0.2) is 4.79 Å². The minimum absolute atomic E-state index is 0.136. The fourth-order valence-electron chi connectivity index (χ4n) is 1.98. The third-order valence-corrected chi connectivity index (χ3v) is 3.09. The van der Waals surface area contributed by atoms with Gasteiger partial charge in [-0.2, -0.15) is 0 Å². The van der Waals surface area contributed by atoms with E-state index in [2.05, 4.69) is 4.98 Å². The van der Waals surface area contributed by atoms with Gasteiger partial charge in [0.15, 0.2) is 12.4 Å². The lowest BCUT2D eigenvalue weighted by atomic mass is 10.2. The predicted molar refractivity (Wildman–Crippen MR) is 66.9 cm³/mol. The van der Waals surface area contributed by atoms with Gasteiger partial charge in [0.25, 0.3) is 5.91 Å². The molecule has 1 N–H and O–H groups in total. The lowest BCUT2D eigenvalue weighted by Crippen LogP contribution is -2.32. The molecule has 6 nitrogen and oxygen atoms in total. The summed E-state index contributed by atoms with van der Waals surface area (Å²) >= 11 is 0. The Morgan fingerprint density at radius 2 is 2.00 bits per heavy atom. The van der Waals surface area contributed by atoms with Crippen molar-refractivity contribution in [2.75, 3.05) is 19.7 Å². The van der Waals surface area contributed by atoms with E-state index in [0.717, 1.165) is 25.9 Å². The Bertz CT molecular complexity index is 500. The third-order valence-electron chi connectivity index (χ3n) is 3.09. The Hall–Kier alpha value is -2.11. The number of ether oxygens (including phenoxy) is 1. The van der Waals surface area contributed by atoms with Crippen LogP contribution in [0.5, 0.6) is 0 Å². The van der Waals surface area contributed by atoms with Crippen LogP contribution in [0.3, 0.4) is 0 Å². The van der Waals surface area contributed by atoms with Crippen LogP contribution in [0.1, 0.15) is 40.6 Å². The van der Waals surface area contributed by atoms with E-state index in [0.29, 0.717) is 5.56 Å². The molecule has 0 atom stereocenters. The predicted octanol–water partition coefficient (Wildman–Crippen LogP) is 0.996. The first kappa shape index (κ1) is 13.3. The van der Waals surface area contributed by atoms with Gasteiger partial charge in [0.05, 0.1) is 0 Å². The van der Waals surface area contributed by atoms with Crippen LogP contribution in [0.25, 0.3) is 0 Å². The average molecular weight is 264 g/mol. The number of esters is 1. The van der Waals surface area contributed by atoms with Gasteiger partial charge in [-0.3, -0.25) is 9.59 Å². The molecule has 102 valence electrons. The molecule has 1 aromatic heterocycles. The minimum atomic E-state index is -0.625. The average Bonchev–Trinajstić information content (AvgIpc) is 3.05. The van der Waals surface area contributed by atoms with E-state index in [4.69, 9.17) is 4.74 Å². The Balaban J connectivity index is 1.86. The van der Waals surface area contributed by atoms with Gasteiger partial charge in [-0.15, -0.1) is 0 Å². The van der Waals surface area contributed by atoms with Crippen LogP contribution in [-0.4, -0.2) is 47.2 Å². The van der Waals surface area contributed by atoms with E-state index in [1.807, 2.05) is 0 Å². The van der Waals surface area contributed by atoms with Crippen LogP contribution < -0.4 is 0 Å². The van der Waals surface area contributed by atoms with Crippen molar-refractivity contribution >= 4 is 17.7 Å². The van der Waals surface area contributed by atoms with E-state index in [1.54, 1.807) is 4.90 Å². The van der Waals surface area contributed by atoms with Crippen LogP contribution in [0.2, 0.25) is 0 Å². The fourth-order valence-corrected chi connectivity index (χ4v) is 1.98. The zero-order valence-corrected chi connectivity index (χ0v) is 10.8. The second-order valence-electron chi connectivity index (χ2n) is 4.52. The van der Waals surface area contributed by atoms with Crippen molar-refractivity contribution in [2.24, 2.45) is 0 Å². The lowest BCUT2D eigenvalue weighted by molar-refractivity contribution is -0.133. The molecule has 1 aliphatic heterocycles. The topological polar surface area (TPSA) is 79.5 Å². The van der Waals surface area contributed by atoms with Crippen molar-refractivity contribution in [2.45, 2.75) is 19.8 Å². The van der Waals surface area contributed by atoms with E-state index in [9.17, 15) is 14.4 Å². The SMILES string of the molecule is CC(=O)c1c[nH]c(C(=O)OCC(=O)N2CCCC2)c1. The maximum absolute atomic E-state index is 11.7. The molecule has 1 aliphatic rings. The summed E-state index contributed by atoms with van der Waals surface area (Å²) in [5.41, 5.74) is 0.595. The number of rotatable bonds is 4. The number of carbonyl (C=O) groups is 3. The Morgan fingerprint density at radius 3 is 2.58 bits per heavy atom. The first-order valence-electron chi connectivity index (χ1n) is 6.22. The smallest absolute Gasteiger partial charge is 0.355 e. The molecule has 0 aromatic carbocycles. The van der Waals surface area contributed by atoms with Gasteiger partial charge in [-0.1, -0.05) is 0 Å². The molecule has 0 aliphatic carbocycles. The number of nitrogens with one attached hydrogen (secondary N) is 1. The van der Waals surface area contributed by atoms with Crippen LogP contribution in [0.15, 0.2) is 12.3 Å². The largest absolute Gasteiger partial charge is 0.451 e. The number of H-pyrrole nitrogens is 1. The van der Waals surface area contributed by atoms with Crippen molar-refractivity contribution < 1.29 is 19.1 Å². The van der Waals surface area contributed by atoms with E-state index in [-0.39, 0.29) is 24.0 Å². The van der Waals surface area contributed by atoms with Crippen molar-refractivity contribution in [1.29, 1.82) is 0 Å². The summed E-state index contributed by atoms with van der Waals surface area (Å²) in [7, 11) is 0. The molecule has 2 heterocycles. The molecule has 0 unspecified atom stereocenters. The lowest BCUT2D eigenvalue weighted by Gasteiger charge is -2.14. The number of hydrogen-bond acceptors (Lipinski definition) is 4. The number of Topliss-reactive ketones (excluding diaryl/α,β-unsaturated/α-hetero) is 1. The minimum Gasteiger partial charge on any atom is -0.451 e. The molecule has 1 saturated heterocycles. The maximum atomic E-state index is 11.7. The van der Waals surface area contributed by atoms with Crippen molar-refractivity contribution in [3.8, 4) is 0 Å². The quantitative estimate of drug-likeness (QED) is 0.650. The van der Waals surface area contributed by atoms with E-state index in [1.165, 1.54) is 19.2 Å². The monoisotopic (exact) mass is 264 g/mol. The number of likely N-dealkylation sites (tertiary alicyclic amines) is 1. The summed E-state index contributed by atoms with van der Waals surface area (Å²) in [6.45, 7) is 2.61. The fraction of sp³-hybridized carbons (Fsp3) is 0.462. The van der Waals surface area contributed by atoms with Crippen LogP contribution in [0.4, 0.5) is 0 Å². The molecule has 0 radical (unpaired) electrons. The number of aromatic amines is 1. The van der Waals surface area contributed by atoms with Crippen LogP contribution >= 0.6 is 0 Å². The highest BCUT2D eigenvalue weighted by Crippen LogP contribution is 2.09. The van der Waals surface area contributed by atoms with Crippen LogP contribution in [0, 0.1) is 0 Å². The molecule has 0 saturated carbocycles. The zero-order chi connectivity index (χ0) is 13.8. The Kier molecular flexibility index (Phi) is 3.99. The van der Waals surface area contributed by atoms with E-state index >= 15 is 0 Å². The number of nitrogens with zero attached hydrogens (tertiary/aromatic N) is 1. The molecule has 2 rings (SSSR count). The number of amides is 1. The number of carbonyl (C=O) groups excluding carboxylic acids is 3. The molecule has 6 heteroatoms. The normalized spacial score (nSPS) is 14.5. The van der Waals surface area contributed by atoms with Crippen molar-refractivity contribution in [1.82, 2.24) is 9.88 Å². The molecule has 0 spiro atoms. The highest BCUT2D eigenvalue weighted by atomic mass is 16.5. The standard InChI is InChI=1S/C13H16N2O4/c1-9(16)10-6-11(14-7-10)13(18)19-8-12(17)15-4-2-3-5-15/h6-7,14H,2-5,8H2,1H3. The summed E-state index contributed by atoms with van der Waals surface area (Å²) in [5, 5.41) is 0. The highest BCUT2D eigenvalue weighted by molar-refractivity contribution is 5.97. The summed E-state index contributed by atoms with van der Waals surface area (Å²) in [5.74, 6) is -0.937. The van der Waals surface area contributed by atoms with Gasteiger partial charge in [0.2, 0.25) is 0 Å². The second-order valence-corrected chi connectivity index (χ2v) is 4.52. The van der Waals surface area contributed by atoms with Gasteiger partial charge in [-0.05, 0) is 25.8 Å². The molecule has 0 bridgehead atoms. The zero-order valence-electron chi connectivity index (χ0n) is 10.8. The summed E-state index contributed by atoms with van der Waals surface area (Å²) in [6.07, 6.45) is 3.44. The second kappa shape index (κ2) is 5.69. The molecule has 1 amide bonds. The summed E-state index contributed by atoms with van der Waals surface area (Å²) < 4.78 is 4.92. The van der Waals surface area contributed by atoms with Crippen LogP contribution in [-0.2, 0) is 9.53 Å². The Labute approximate surface area is 110 Å². The molecular formula is C13H16N2O4. The molecular weight excluding hydrogens is 248 g/mol. The Morgan fingerprint density at radius 1 is 1.32 bits per heavy atom. The van der Waals surface area contributed by atoms with Gasteiger partial charge < -0.3 is 14.6 Å². The van der Waals surface area contributed by atoms with Crippen molar-refractivity contribution in [3.05, 3.63) is 23.5 Å². The highest BCUT2D eigenvalue weighted by Gasteiger charge is 2.20. The number of ketones is 1. The maximum Gasteiger partial charge on any atom is 0.355 e. The van der Waals surface area contributed by atoms with E-state index < -0.39 is 5.97 Å². The first-order chi connectivity index (χ1) is 9.08. The molecule has 19 heavy (non-hydrogen) atoms. The summed E-state index contributed by atoms with van der Waals surface area (Å²) in [4.78, 5) is 38.8. The van der Waals surface area contributed by atoms with Gasteiger partial charge in [0.1, 0.15) is 5.69 Å². The third kappa shape index (κ3) is 3.21. The number of aromatic nitrogens is 1.